The van der Waals surface area contributed by atoms with Crippen LogP contribution in [0.4, 0.5) is 38.1 Å². The molecule has 2 aromatic carbocycles. The van der Waals surface area contributed by atoms with Crippen molar-refractivity contribution in [2.24, 2.45) is 0 Å². The number of hydrogen-bond donors (Lipinski definition) is 3. The number of H-pyrrole nitrogens is 1. The number of aromatic amines is 1. The molecule has 2 amide bonds. The van der Waals surface area contributed by atoms with Gasteiger partial charge in [0.15, 0.2) is 11.6 Å². The number of nitrogens with one attached hydrogen (secondary N) is 3. The Hall–Kier alpha value is -2.95. The minimum atomic E-state index is -4.39. The Kier molecular flexibility index (Phi) is 6.16. The third kappa shape index (κ3) is 5.76. The first-order valence-corrected chi connectivity index (χ1v) is 9.17. The number of rotatable bonds is 6. The van der Waals surface area contributed by atoms with Gasteiger partial charge >= 0.3 is 11.5 Å². The van der Waals surface area contributed by atoms with Crippen molar-refractivity contribution < 1.29 is 31.5 Å². The summed E-state index contributed by atoms with van der Waals surface area (Å²) in [6.07, 6.45) is 1.49. The highest BCUT2D eigenvalue weighted by molar-refractivity contribution is 8.00. The lowest BCUT2D eigenvalue weighted by molar-refractivity contribution is -0.0329. The van der Waals surface area contributed by atoms with Gasteiger partial charge in [0.25, 0.3) is 0 Å². The molecule has 0 aliphatic rings. The minimum absolute atomic E-state index is 0.161. The molecule has 0 unspecified atom stereocenters. The maximum atomic E-state index is 13.8. The van der Waals surface area contributed by atoms with E-state index >= 15 is 0 Å². The summed E-state index contributed by atoms with van der Waals surface area (Å²) in [6.45, 7) is -0.363. The third-order valence-corrected chi connectivity index (χ3v) is 4.39. The number of urea groups is 1. The van der Waals surface area contributed by atoms with Crippen LogP contribution in [-0.2, 0) is 0 Å². The predicted molar refractivity (Wildman–Crippen MR) is 101 cm³/mol. The predicted octanol–water partition coefficient (Wildman–Crippen LogP) is 5.72. The smallest absolute Gasteiger partial charge is 0.441 e. The molecule has 3 aromatic rings. The van der Waals surface area contributed by atoms with E-state index in [0.717, 1.165) is 12.1 Å². The van der Waals surface area contributed by atoms with E-state index in [4.69, 9.17) is 4.74 Å². The summed E-state index contributed by atoms with van der Waals surface area (Å²) >= 11 is -0.279. The highest BCUT2D eigenvalue weighted by Crippen LogP contribution is 2.30. The SMILES string of the molecule is O=C(Nc1ccc(F)c(OCCSC(F)(F)F)c1)Nc1c[nH]c2ccc(F)cc12. The number of amides is 2. The lowest BCUT2D eigenvalue weighted by Crippen LogP contribution is -2.19. The number of carbonyl (C=O) groups is 1. The fraction of sp³-hybridized carbons (Fsp3) is 0.167. The van der Waals surface area contributed by atoms with E-state index in [0.29, 0.717) is 16.6 Å². The molecule has 3 N–H and O–H groups in total. The van der Waals surface area contributed by atoms with Crippen LogP contribution in [-0.4, -0.2) is 28.9 Å². The minimum Gasteiger partial charge on any atom is -0.490 e. The van der Waals surface area contributed by atoms with Gasteiger partial charge in [0, 0.05) is 34.6 Å². The number of hydrogen-bond acceptors (Lipinski definition) is 3. The van der Waals surface area contributed by atoms with Gasteiger partial charge in [-0.2, -0.15) is 13.2 Å². The average molecular weight is 431 g/mol. The molecule has 0 bridgehead atoms. The Labute approximate surface area is 165 Å². The monoisotopic (exact) mass is 431 g/mol. The zero-order valence-electron chi connectivity index (χ0n) is 14.6. The van der Waals surface area contributed by atoms with Crippen molar-refractivity contribution in [1.29, 1.82) is 0 Å². The molecule has 0 aliphatic heterocycles. The molecule has 3 rings (SSSR count). The largest absolute Gasteiger partial charge is 0.490 e. The third-order valence-electron chi connectivity index (χ3n) is 3.69. The second-order valence-corrected chi connectivity index (χ2v) is 6.92. The Morgan fingerprint density at radius 3 is 2.66 bits per heavy atom. The zero-order chi connectivity index (χ0) is 21.0. The fourth-order valence-corrected chi connectivity index (χ4v) is 2.88. The standard InChI is InChI=1S/C18H14F5N3O2S/c19-10-1-4-14-12(7-10)15(9-24-14)26-17(27)25-11-2-3-13(20)16(8-11)28-5-6-29-18(21,22)23/h1-4,7-9,24H,5-6H2,(H2,25,26,27). The van der Waals surface area contributed by atoms with Crippen LogP contribution in [0.2, 0.25) is 0 Å². The molecule has 1 aromatic heterocycles. The van der Waals surface area contributed by atoms with Gasteiger partial charge in [-0.25, -0.2) is 13.6 Å². The quantitative estimate of drug-likeness (QED) is 0.345. The van der Waals surface area contributed by atoms with Gasteiger partial charge in [0.2, 0.25) is 0 Å². The molecule has 154 valence electrons. The van der Waals surface area contributed by atoms with Crippen LogP contribution in [0.5, 0.6) is 5.75 Å². The first-order valence-electron chi connectivity index (χ1n) is 8.19. The zero-order valence-corrected chi connectivity index (χ0v) is 15.4. The number of benzene rings is 2. The van der Waals surface area contributed by atoms with E-state index < -0.39 is 28.9 Å². The fourth-order valence-electron chi connectivity index (χ4n) is 2.48. The first-order chi connectivity index (χ1) is 13.7. The van der Waals surface area contributed by atoms with Gasteiger partial charge in [-0.05, 0) is 42.1 Å². The molecule has 0 saturated carbocycles. The van der Waals surface area contributed by atoms with Crippen molar-refractivity contribution in [1.82, 2.24) is 4.98 Å². The summed E-state index contributed by atoms with van der Waals surface area (Å²) in [5.41, 5.74) is -3.28. The van der Waals surface area contributed by atoms with Crippen LogP contribution in [0, 0.1) is 11.6 Å². The van der Waals surface area contributed by atoms with Crippen LogP contribution in [0.25, 0.3) is 10.9 Å². The van der Waals surface area contributed by atoms with Crippen LogP contribution in [0.1, 0.15) is 0 Å². The molecule has 1 heterocycles. The Morgan fingerprint density at radius 2 is 1.90 bits per heavy atom. The summed E-state index contributed by atoms with van der Waals surface area (Å²) in [4.78, 5) is 15.1. The average Bonchev–Trinajstić information content (AvgIpc) is 3.02. The normalized spacial score (nSPS) is 11.5. The van der Waals surface area contributed by atoms with Crippen molar-refractivity contribution in [3.63, 3.8) is 0 Å². The van der Waals surface area contributed by atoms with Gasteiger partial charge < -0.3 is 20.4 Å². The maximum absolute atomic E-state index is 13.8. The van der Waals surface area contributed by atoms with Gasteiger partial charge in [-0.15, -0.1) is 0 Å². The van der Waals surface area contributed by atoms with Crippen molar-refractivity contribution >= 4 is 40.1 Å². The number of fused-ring (bicyclic) bond motifs is 1. The number of ether oxygens (including phenoxy) is 1. The second-order valence-electron chi connectivity index (χ2n) is 5.76. The molecule has 5 nitrogen and oxygen atoms in total. The number of aromatic nitrogens is 1. The summed E-state index contributed by atoms with van der Waals surface area (Å²) < 4.78 is 68.5. The Balaban J connectivity index is 1.62. The van der Waals surface area contributed by atoms with E-state index in [1.165, 1.54) is 30.5 Å². The van der Waals surface area contributed by atoms with E-state index in [2.05, 4.69) is 15.6 Å². The highest BCUT2D eigenvalue weighted by Gasteiger charge is 2.27. The van der Waals surface area contributed by atoms with Gasteiger partial charge in [-0.3, -0.25) is 0 Å². The summed E-state index contributed by atoms with van der Waals surface area (Å²) in [5.74, 6) is -1.94. The van der Waals surface area contributed by atoms with Crippen molar-refractivity contribution in [2.75, 3.05) is 23.0 Å². The Bertz CT molecular complexity index is 1020. The molecule has 0 radical (unpaired) electrons. The van der Waals surface area contributed by atoms with Crippen molar-refractivity contribution in [3.05, 3.63) is 54.2 Å². The van der Waals surface area contributed by atoms with Gasteiger partial charge in [0.05, 0.1) is 12.3 Å². The summed E-state index contributed by atoms with van der Waals surface area (Å²) in [6, 6.07) is 6.81. The maximum Gasteiger partial charge on any atom is 0.441 e. The molecule has 0 spiro atoms. The molecule has 29 heavy (non-hydrogen) atoms. The molecular weight excluding hydrogens is 417 g/mol. The van der Waals surface area contributed by atoms with Crippen molar-refractivity contribution in [3.8, 4) is 5.75 Å². The highest BCUT2D eigenvalue weighted by atomic mass is 32.2. The number of carbonyl (C=O) groups excluding carboxylic acids is 1. The van der Waals surface area contributed by atoms with E-state index in [-0.39, 0.29) is 29.8 Å². The number of halogens is 5. The number of alkyl halides is 3. The molecule has 0 saturated heterocycles. The number of thioether (sulfide) groups is 1. The summed E-state index contributed by atoms with van der Waals surface area (Å²) in [5, 5.41) is 5.45. The van der Waals surface area contributed by atoms with E-state index in [9.17, 15) is 26.7 Å². The van der Waals surface area contributed by atoms with Crippen molar-refractivity contribution in [2.45, 2.75) is 5.51 Å². The molecular formula is C18H14F5N3O2S. The topological polar surface area (TPSA) is 66.2 Å². The second kappa shape index (κ2) is 8.60. The Morgan fingerprint density at radius 1 is 1.10 bits per heavy atom. The van der Waals surface area contributed by atoms with Gasteiger partial charge in [-0.1, -0.05) is 0 Å². The van der Waals surface area contributed by atoms with Crippen LogP contribution >= 0.6 is 11.8 Å². The van der Waals surface area contributed by atoms with E-state index in [1.807, 2.05) is 0 Å². The molecule has 11 heteroatoms. The van der Waals surface area contributed by atoms with E-state index in [1.54, 1.807) is 0 Å². The molecule has 0 fully saturated rings. The molecule has 0 aliphatic carbocycles. The van der Waals surface area contributed by atoms with Crippen LogP contribution in [0.3, 0.4) is 0 Å². The van der Waals surface area contributed by atoms with Crippen LogP contribution in [0.15, 0.2) is 42.6 Å². The first kappa shape index (κ1) is 20.8. The molecule has 0 atom stereocenters. The summed E-state index contributed by atoms with van der Waals surface area (Å²) in [7, 11) is 0. The number of anilines is 2. The lowest BCUT2D eigenvalue weighted by Gasteiger charge is -2.11. The van der Waals surface area contributed by atoms with Gasteiger partial charge in [0.1, 0.15) is 5.82 Å². The lowest BCUT2D eigenvalue weighted by atomic mass is 10.2. The van der Waals surface area contributed by atoms with Crippen LogP contribution < -0.4 is 15.4 Å².